The number of hydrogen-bond donors (Lipinski definition) is 1. The Bertz CT molecular complexity index is 726. The largest absolute Gasteiger partial charge is 0.462 e. The standard InChI is InChI=1S/C24H36O4/c1-14-12-21-19-7-6-17-13-18(28-16(3)26)8-10-22(17,4)20(19)9-11-23(21,5)24(14,27)15(2)25/h6,14,18-21,27H,7-13H2,1-5H3/t14-,18-,19-,20+,21-,22-,23-,24+/m1/s1. The van der Waals surface area contributed by atoms with Crippen molar-refractivity contribution < 1.29 is 19.4 Å². The van der Waals surface area contributed by atoms with Gasteiger partial charge < -0.3 is 9.84 Å². The summed E-state index contributed by atoms with van der Waals surface area (Å²) in [5, 5.41) is 11.5. The van der Waals surface area contributed by atoms with Gasteiger partial charge in [0, 0.05) is 18.8 Å². The molecule has 3 saturated carbocycles. The maximum Gasteiger partial charge on any atom is 0.302 e. The van der Waals surface area contributed by atoms with Crippen LogP contribution in [0.2, 0.25) is 0 Å². The summed E-state index contributed by atoms with van der Waals surface area (Å²) in [6.45, 7) is 9.73. The minimum Gasteiger partial charge on any atom is -0.462 e. The van der Waals surface area contributed by atoms with E-state index in [1.165, 1.54) is 12.5 Å². The molecule has 0 amide bonds. The number of hydrogen-bond acceptors (Lipinski definition) is 4. The second-order valence-corrected chi connectivity index (χ2v) is 10.6. The molecule has 4 aliphatic carbocycles. The van der Waals surface area contributed by atoms with Crippen molar-refractivity contribution in [3.05, 3.63) is 11.6 Å². The highest BCUT2D eigenvalue weighted by molar-refractivity contribution is 5.86. The van der Waals surface area contributed by atoms with Crippen LogP contribution in [0.1, 0.15) is 79.6 Å². The highest BCUT2D eigenvalue weighted by atomic mass is 16.5. The third kappa shape index (κ3) is 2.52. The maximum absolute atomic E-state index is 12.5. The van der Waals surface area contributed by atoms with Crippen molar-refractivity contribution in [3.8, 4) is 0 Å². The Morgan fingerprint density at radius 3 is 2.50 bits per heavy atom. The van der Waals surface area contributed by atoms with Gasteiger partial charge in [0.25, 0.3) is 0 Å². The Kier molecular flexibility index (Phi) is 4.61. The van der Waals surface area contributed by atoms with Gasteiger partial charge in [-0.3, -0.25) is 9.59 Å². The Labute approximate surface area is 169 Å². The Morgan fingerprint density at radius 1 is 1.14 bits per heavy atom. The SMILES string of the molecule is CC(=O)O[C@@H]1CC[C@]2(C)C(=CC[C@H]3[C@H]4C[C@@H](C)[C@](O)(C(C)=O)[C@]4(C)CC[C@@H]32)C1. The van der Waals surface area contributed by atoms with Crippen molar-refractivity contribution in [1.82, 2.24) is 0 Å². The van der Waals surface area contributed by atoms with Crippen molar-refractivity contribution in [2.75, 3.05) is 0 Å². The quantitative estimate of drug-likeness (QED) is 0.561. The van der Waals surface area contributed by atoms with E-state index in [0.717, 1.165) is 44.9 Å². The molecule has 0 aromatic rings. The van der Waals surface area contributed by atoms with Gasteiger partial charge in [-0.15, -0.1) is 0 Å². The smallest absolute Gasteiger partial charge is 0.302 e. The van der Waals surface area contributed by atoms with Gasteiger partial charge in [0.1, 0.15) is 11.7 Å². The lowest BCUT2D eigenvalue weighted by Crippen LogP contribution is -2.58. The maximum atomic E-state index is 12.5. The first-order valence-corrected chi connectivity index (χ1v) is 11.1. The van der Waals surface area contributed by atoms with Gasteiger partial charge in [0.2, 0.25) is 0 Å². The van der Waals surface area contributed by atoms with E-state index in [1.807, 2.05) is 0 Å². The van der Waals surface area contributed by atoms with Crippen LogP contribution in [0.4, 0.5) is 0 Å². The number of carbonyl (C=O) groups is 2. The van der Waals surface area contributed by atoms with Crippen LogP contribution in [0.15, 0.2) is 11.6 Å². The molecular weight excluding hydrogens is 352 g/mol. The summed E-state index contributed by atoms with van der Waals surface area (Å²) in [7, 11) is 0. The average molecular weight is 389 g/mol. The number of ketones is 1. The zero-order valence-electron chi connectivity index (χ0n) is 18.1. The van der Waals surface area contributed by atoms with E-state index < -0.39 is 5.60 Å². The second-order valence-electron chi connectivity index (χ2n) is 10.6. The predicted molar refractivity (Wildman–Crippen MR) is 107 cm³/mol. The molecule has 3 fully saturated rings. The monoisotopic (exact) mass is 388 g/mol. The van der Waals surface area contributed by atoms with E-state index in [-0.39, 0.29) is 34.6 Å². The number of esters is 1. The van der Waals surface area contributed by atoms with E-state index >= 15 is 0 Å². The first-order chi connectivity index (χ1) is 13.0. The second kappa shape index (κ2) is 6.42. The van der Waals surface area contributed by atoms with E-state index in [0.29, 0.717) is 17.8 Å². The van der Waals surface area contributed by atoms with E-state index in [9.17, 15) is 14.7 Å². The van der Waals surface area contributed by atoms with Crippen LogP contribution in [-0.2, 0) is 14.3 Å². The summed E-state index contributed by atoms with van der Waals surface area (Å²) in [5.41, 5.74) is 0.153. The van der Waals surface area contributed by atoms with Crippen molar-refractivity contribution in [2.24, 2.45) is 34.5 Å². The minimum atomic E-state index is -1.18. The summed E-state index contributed by atoms with van der Waals surface area (Å²) in [5.74, 6) is 1.33. The topological polar surface area (TPSA) is 63.6 Å². The highest BCUT2D eigenvalue weighted by Gasteiger charge is 2.67. The summed E-state index contributed by atoms with van der Waals surface area (Å²) in [4.78, 5) is 23.9. The molecule has 0 saturated heterocycles. The molecule has 0 aliphatic heterocycles. The van der Waals surface area contributed by atoms with Gasteiger partial charge in [0.15, 0.2) is 5.78 Å². The normalized spacial score (nSPS) is 50.1. The lowest BCUT2D eigenvalue weighted by Gasteiger charge is -2.58. The molecule has 28 heavy (non-hydrogen) atoms. The molecule has 4 rings (SSSR count). The van der Waals surface area contributed by atoms with Crippen molar-refractivity contribution in [3.63, 3.8) is 0 Å². The zero-order chi connectivity index (χ0) is 20.5. The molecule has 1 N–H and O–H groups in total. The number of rotatable bonds is 2. The van der Waals surface area contributed by atoms with Crippen LogP contribution in [0, 0.1) is 34.5 Å². The van der Waals surface area contributed by atoms with Crippen LogP contribution in [0.5, 0.6) is 0 Å². The summed E-state index contributed by atoms with van der Waals surface area (Å²) in [6, 6.07) is 0. The lowest BCUT2D eigenvalue weighted by atomic mass is 9.46. The van der Waals surface area contributed by atoms with E-state index in [2.05, 4.69) is 26.8 Å². The van der Waals surface area contributed by atoms with Crippen LogP contribution in [0.3, 0.4) is 0 Å². The van der Waals surface area contributed by atoms with E-state index in [1.54, 1.807) is 6.92 Å². The van der Waals surface area contributed by atoms with Crippen molar-refractivity contribution in [1.29, 1.82) is 0 Å². The predicted octanol–water partition coefficient (Wildman–Crippen LogP) is 4.45. The molecule has 0 unspecified atom stereocenters. The van der Waals surface area contributed by atoms with E-state index in [4.69, 9.17) is 4.74 Å². The number of Topliss-reactive ketones (excluding diaryl/α,β-unsaturated/α-hetero) is 1. The summed E-state index contributed by atoms with van der Waals surface area (Å²) >= 11 is 0. The number of ether oxygens (including phenoxy) is 1. The van der Waals surface area contributed by atoms with Crippen molar-refractivity contribution in [2.45, 2.75) is 91.3 Å². The van der Waals surface area contributed by atoms with Gasteiger partial charge in [-0.2, -0.15) is 0 Å². The van der Waals surface area contributed by atoms with Gasteiger partial charge >= 0.3 is 5.97 Å². The van der Waals surface area contributed by atoms with Gasteiger partial charge in [-0.05, 0) is 74.5 Å². The van der Waals surface area contributed by atoms with Gasteiger partial charge in [-0.1, -0.05) is 32.4 Å². The molecule has 0 aromatic heterocycles. The molecular formula is C24H36O4. The number of aliphatic hydroxyl groups is 1. The van der Waals surface area contributed by atoms with Gasteiger partial charge in [-0.25, -0.2) is 0 Å². The fourth-order valence-electron chi connectivity index (χ4n) is 8.05. The fourth-order valence-corrected chi connectivity index (χ4v) is 8.05. The third-order valence-corrected chi connectivity index (χ3v) is 9.51. The number of carbonyl (C=O) groups excluding carboxylic acids is 2. The van der Waals surface area contributed by atoms with Gasteiger partial charge in [0.05, 0.1) is 0 Å². The molecule has 4 heteroatoms. The third-order valence-electron chi connectivity index (χ3n) is 9.51. The van der Waals surface area contributed by atoms with Crippen LogP contribution >= 0.6 is 0 Å². The zero-order valence-corrected chi connectivity index (χ0v) is 18.1. The van der Waals surface area contributed by atoms with Crippen molar-refractivity contribution >= 4 is 11.8 Å². The molecule has 156 valence electrons. The Balaban J connectivity index is 1.64. The summed E-state index contributed by atoms with van der Waals surface area (Å²) < 4.78 is 5.52. The molecule has 0 heterocycles. The Morgan fingerprint density at radius 2 is 1.86 bits per heavy atom. The molecule has 0 radical (unpaired) electrons. The average Bonchev–Trinajstić information content (AvgIpc) is 2.83. The number of fused-ring (bicyclic) bond motifs is 5. The molecule has 4 aliphatic rings. The molecule has 0 aromatic carbocycles. The molecule has 0 spiro atoms. The first kappa shape index (κ1) is 20.1. The number of allylic oxidation sites excluding steroid dienone is 1. The van der Waals surface area contributed by atoms with Crippen LogP contribution in [-0.4, -0.2) is 28.6 Å². The highest BCUT2D eigenvalue weighted by Crippen LogP contribution is 2.68. The molecule has 8 atom stereocenters. The fraction of sp³-hybridized carbons (Fsp3) is 0.833. The molecule has 0 bridgehead atoms. The van der Waals surface area contributed by atoms with Crippen LogP contribution in [0.25, 0.3) is 0 Å². The first-order valence-electron chi connectivity index (χ1n) is 11.1. The summed E-state index contributed by atoms with van der Waals surface area (Å²) in [6.07, 6.45) is 9.29. The Hall–Kier alpha value is -1.16. The minimum absolute atomic E-state index is 0.0246. The van der Waals surface area contributed by atoms with Crippen LogP contribution < -0.4 is 0 Å². The lowest BCUT2D eigenvalue weighted by molar-refractivity contribution is -0.165. The molecule has 4 nitrogen and oxygen atoms in total.